The molecular weight excluding hydrogens is 294 g/mol. The predicted octanol–water partition coefficient (Wildman–Crippen LogP) is -0.702. The molecule has 0 aliphatic carbocycles. The molecule has 0 spiro atoms. The Morgan fingerprint density at radius 3 is 2.32 bits per heavy atom. The molecule has 2 aliphatic heterocycles. The van der Waals surface area contributed by atoms with Crippen molar-refractivity contribution in [1.29, 1.82) is 0 Å². The quantitative estimate of drug-likeness (QED) is 0.719. The molecule has 3 unspecified atom stereocenters. The van der Waals surface area contributed by atoms with Crippen LogP contribution in [0.2, 0.25) is 0 Å². The van der Waals surface area contributed by atoms with Gasteiger partial charge in [-0.15, -0.1) is 0 Å². The predicted molar refractivity (Wildman–Crippen MR) is 67.9 cm³/mol. The van der Waals surface area contributed by atoms with Crippen LogP contribution in [0.5, 0.6) is 0 Å². The number of sulfonamides is 1. The molecule has 2 bridgehead atoms. The molecular formula is C10H17NO6S2. The van der Waals surface area contributed by atoms with Gasteiger partial charge >= 0.3 is 5.97 Å². The first-order chi connectivity index (χ1) is 8.62. The maximum Gasteiger partial charge on any atom is 0.308 e. The van der Waals surface area contributed by atoms with Crippen LogP contribution in [0.3, 0.4) is 0 Å². The van der Waals surface area contributed by atoms with Crippen molar-refractivity contribution in [3.63, 3.8) is 0 Å². The van der Waals surface area contributed by atoms with Crippen molar-refractivity contribution in [2.24, 2.45) is 5.92 Å². The molecule has 9 heteroatoms. The number of nitrogens with zero attached hydrogens (tertiary/aromatic N) is 1. The van der Waals surface area contributed by atoms with E-state index in [0.29, 0.717) is 19.3 Å². The van der Waals surface area contributed by atoms with E-state index in [-0.39, 0.29) is 6.04 Å². The molecule has 110 valence electrons. The largest absolute Gasteiger partial charge is 0.481 e. The van der Waals surface area contributed by atoms with Gasteiger partial charge in [0.2, 0.25) is 10.0 Å². The van der Waals surface area contributed by atoms with Crippen molar-refractivity contribution in [2.75, 3.05) is 17.8 Å². The lowest BCUT2D eigenvalue weighted by Crippen LogP contribution is -2.40. The van der Waals surface area contributed by atoms with E-state index in [0.717, 1.165) is 6.26 Å². The van der Waals surface area contributed by atoms with E-state index in [1.165, 1.54) is 4.31 Å². The minimum absolute atomic E-state index is 0.282. The molecule has 2 saturated heterocycles. The van der Waals surface area contributed by atoms with Crippen LogP contribution in [0.25, 0.3) is 0 Å². The van der Waals surface area contributed by atoms with E-state index >= 15 is 0 Å². The van der Waals surface area contributed by atoms with Gasteiger partial charge in [-0.2, -0.15) is 4.31 Å². The zero-order valence-corrected chi connectivity index (χ0v) is 12.2. The van der Waals surface area contributed by atoms with Crippen LogP contribution < -0.4 is 0 Å². The molecule has 2 rings (SSSR count). The SMILES string of the molecule is CS(=O)(=O)CCS(=O)(=O)N1C2CCC1C(C(=O)O)C2. The number of fused-ring (bicyclic) bond motifs is 2. The van der Waals surface area contributed by atoms with Gasteiger partial charge in [-0.1, -0.05) is 0 Å². The zero-order valence-electron chi connectivity index (χ0n) is 10.5. The second-order valence-electron chi connectivity index (χ2n) is 5.25. The monoisotopic (exact) mass is 311 g/mol. The smallest absolute Gasteiger partial charge is 0.308 e. The molecule has 2 heterocycles. The van der Waals surface area contributed by atoms with Crippen LogP contribution >= 0.6 is 0 Å². The van der Waals surface area contributed by atoms with Gasteiger partial charge in [0.25, 0.3) is 0 Å². The van der Waals surface area contributed by atoms with Gasteiger partial charge < -0.3 is 5.11 Å². The first kappa shape index (κ1) is 14.7. The highest BCUT2D eigenvalue weighted by Crippen LogP contribution is 2.43. The van der Waals surface area contributed by atoms with Crippen LogP contribution in [0, 0.1) is 5.92 Å². The molecule has 0 radical (unpaired) electrons. The third-order valence-electron chi connectivity index (χ3n) is 3.82. The highest BCUT2D eigenvalue weighted by atomic mass is 32.2. The Bertz CT molecular complexity index is 581. The third-order valence-corrected chi connectivity index (χ3v) is 6.96. The van der Waals surface area contributed by atoms with E-state index in [9.17, 15) is 21.6 Å². The first-order valence-corrected chi connectivity index (χ1v) is 9.70. The molecule has 2 aliphatic rings. The third kappa shape index (κ3) is 2.92. The highest BCUT2D eigenvalue weighted by molar-refractivity contribution is 7.93. The second-order valence-corrected chi connectivity index (χ2v) is 9.51. The average molecular weight is 311 g/mol. The van der Waals surface area contributed by atoms with Crippen molar-refractivity contribution in [3.05, 3.63) is 0 Å². The van der Waals surface area contributed by atoms with Gasteiger partial charge in [-0.25, -0.2) is 16.8 Å². The van der Waals surface area contributed by atoms with Gasteiger partial charge in [-0.3, -0.25) is 4.79 Å². The summed E-state index contributed by atoms with van der Waals surface area (Å²) in [6.45, 7) is 0. The van der Waals surface area contributed by atoms with E-state index in [2.05, 4.69) is 0 Å². The van der Waals surface area contributed by atoms with Crippen molar-refractivity contribution >= 4 is 25.8 Å². The summed E-state index contributed by atoms with van der Waals surface area (Å²) in [4.78, 5) is 11.1. The molecule has 0 aromatic rings. The highest BCUT2D eigenvalue weighted by Gasteiger charge is 2.53. The number of sulfone groups is 1. The number of hydrogen-bond donors (Lipinski definition) is 1. The van der Waals surface area contributed by atoms with Gasteiger partial charge in [0.05, 0.1) is 17.4 Å². The molecule has 7 nitrogen and oxygen atoms in total. The van der Waals surface area contributed by atoms with E-state index in [4.69, 9.17) is 5.11 Å². The lowest BCUT2D eigenvalue weighted by Gasteiger charge is -2.22. The Labute approximate surface area is 112 Å². The summed E-state index contributed by atoms with van der Waals surface area (Å²) >= 11 is 0. The summed E-state index contributed by atoms with van der Waals surface area (Å²) in [5.41, 5.74) is 0. The van der Waals surface area contributed by atoms with Crippen LogP contribution in [0.4, 0.5) is 0 Å². The summed E-state index contributed by atoms with van der Waals surface area (Å²) in [6.07, 6.45) is 2.52. The fourth-order valence-electron chi connectivity index (χ4n) is 3.00. The summed E-state index contributed by atoms with van der Waals surface area (Å²) in [7, 11) is -7.06. The number of hydrogen-bond acceptors (Lipinski definition) is 5. The minimum Gasteiger partial charge on any atom is -0.481 e. The Kier molecular flexibility index (Phi) is 3.65. The van der Waals surface area contributed by atoms with Crippen molar-refractivity contribution < 1.29 is 26.7 Å². The molecule has 19 heavy (non-hydrogen) atoms. The average Bonchev–Trinajstić information content (AvgIpc) is 2.83. The van der Waals surface area contributed by atoms with Gasteiger partial charge in [0.1, 0.15) is 9.84 Å². The summed E-state index contributed by atoms with van der Waals surface area (Å²) in [5.74, 6) is -2.53. The molecule has 0 amide bonds. The molecule has 0 aromatic heterocycles. The minimum atomic E-state index is -3.70. The van der Waals surface area contributed by atoms with Gasteiger partial charge in [0, 0.05) is 18.3 Å². The number of aliphatic carboxylic acids is 1. The van der Waals surface area contributed by atoms with Gasteiger partial charge in [-0.05, 0) is 19.3 Å². The van der Waals surface area contributed by atoms with Gasteiger partial charge in [0.15, 0.2) is 0 Å². The van der Waals surface area contributed by atoms with Crippen LogP contribution in [-0.2, 0) is 24.7 Å². The van der Waals surface area contributed by atoms with Crippen molar-refractivity contribution in [2.45, 2.75) is 31.3 Å². The zero-order chi connectivity index (χ0) is 14.4. The lowest BCUT2D eigenvalue weighted by atomic mass is 9.89. The van der Waals surface area contributed by atoms with E-state index in [1.807, 2.05) is 0 Å². The van der Waals surface area contributed by atoms with E-state index < -0.39 is 49.3 Å². The van der Waals surface area contributed by atoms with Crippen LogP contribution in [-0.4, -0.2) is 62.1 Å². The Hall–Kier alpha value is -0.670. The molecule has 2 fully saturated rings. The maximum absolute atomic E-state index is 12.2. The molecule has 0 saturated carbocycles. The summed E-state index contributed by atoms with van der Waals surface area (Å²) < 4.78 is 47.7. The molecule has 1 N–H and O–H groups in total. The first-order valence-electron chi connectivity index (χ1n) is 6.03. The molecule has 0 aromatic carbocycles. The lowest BCUT2D eigenvalue weighted by molar-refractivity contribution is -0.142. The normalized spacial score (nSPS) is 31.7. The van der Waals surface area contributed by atoms with E-state index in [1.54, 1.807) is 0 Å². The Morgan fingerprint density at radius 2 is 1.84 bits per heavy atom. The second kappa shape index (κ2) is 4.71. The van der Waals surface area contributed by atoms with Crippen LogP contribution in [0.15, 0.2) is 0 Å². The Morgan fingerprint density at radius 1 is 1.21 bits per heavy atom. The molecule has 3 atom stereocenters. The number of rotatable bonds is 5. The number of carboxylic acids is 1. The fourth-order valence-corrected chi connectivity index (χ4v) is 6.57. The standard InChI is InChI=1S/C10H17NO6S2/c1-18(14,15)4-5-19(16,17)11-7-2-3-9(11)8(6-7)10(12)13/h7-9H,2-6H2,1H3,(H,12,13). The topological polar surface area (TPSA) is 109 Å². The fraction of sp³-hybridized carbons (Fsp3) is 0.900. The maximum atomic E-state index is 12.2. The summed E-state index contributed by atoms with van der Waals surface area (Å²) in [5, 5.41) is 9.06. The van der Waals surface area contributed by atoms with Crippen molar-refractivity contribution in [1.82, 2.24) is 4.31 Å². The summed E-state index contributed by atoms with van der Waals surface area (Å²) in [6, 6.07) is -0.789. The van der Waals surface area contributed by atoms with Crippen molar-refractivity contribution in [3.8, 4) is 0 Å². The van der Waals surface area contributed by atoms with Crippen LogP contribution in [0.1, 0.15) is 19.3 Å². The number of carboxylic acid groups (broad SMARTS) is 1. The Balaban J connectivity index is 2.16. The number of carbonyl (C=O) groups is 1.